The van der Waals surface area contributed by atoms with Gasteiger partial charge < -0.3 is 14.5 Å². The molecule has 134 valence electrons. The molecule has 3 rings (SSSR count). The maximum absolute atomic E-state index is 12.6. The lowest BCUT2D eigenvalue weighted by Gasteiger charge is -2.17. The number of furan rings is 1. The van der Waals surface area contributed by atoms with Crippen LogP contribution in [0.3, 0.4) is 0 Å². The average molecular weight is 370 g/mol. The normalized spacial score (nSPS) is 11.8. The van der Waals surface area contributed by atoms with E-state index in [2.05, 4.69) is 10.3 Å². The standard InChI is InChI=1S/C19H18N2O4S/c1-12-8-9-16(25-12)19-21-15(11-26-19)18(23)20-14(10-17(22)24-2)13-6-4-3-5-7-13/h3-9,11,14H,10H2,1-2H3,(H,20,23)/t14-/m0/s1. The van der Waals surface area contributed by atoms with Crippen molar-refractivity contribution in [3.8, 4) is 10.8 Å². The molecule has 1 aromatic carbocycles. The zero-order valence-corrected chi connectivity index (χ0v) is 15.2. The molecule has 0 saturated heterocycles. The van der Waals surface area contributed by atoms with Gasteiger partial charge in [0.05, 0.1) is 19.6 Å². The SMILES string of the molecule is COC(=O)C[C@H](NC(=O)c1csc(-c2ccc(C)o2)n1)c1ccccc1. The summed E-state index contributed by atoms with van der Waals surface area (Å²) in [6.07, 6.45) is 0.0423. The first-order valence-corrected chi connectivity index (χ1v) is 8.89. The highest BCUT2D eigenvalue weighted by Crippen LogP contribution is 2.26. The third-order valence-corrected chi connectivity index (χ3v) is 4.65. The Morgan fingerprint density at radius 3 is 2.65 bits per heavy atom. The van der Waals surface area contributed by atoms with Gasteiger partial charge in [0.1, 0.15) is 11.5 Å². The summed E-state index contributed by atoms with van der Waals surface area (Å²) in [7, 11) is 1.32. The first kappa shape index (κ1) is 17.9. The minimum absolute atomic E-state index is 0.0423. The third kappa shape index (κ3) is 4.18. The molecule has 0 bridgehead atoms. The molecule has 7 heteroatoms. The highest BCUT2D eigenvalue weighted by Gasteiger charge is 2.21. The summed E-state index contributed by atoms with van der Waals surface area (Å²) in [4.78, 5) is 28.6. The molecule has 0 aliphatic carbocycles. The second-order valence-corrected chi connectivity index (χ2v) is 6.52. The fourth-order valence-corrected chi connectivity index (χ4v) is 3.22. The van der Waals surface area contributed by atoms with E-state index in [1.807, 2.05) is 49.4 Å². The van der Waals surface area contributed by atoms with Gasteiger partial charge in [0, 0.05) is 5.38 Å². The zero-order chi connectivity index (χ0) is 18.5. The summed E-state index contributed by atoms with van der Waals surface area (Å²) < 4.78 is 10.3. The molecule has 1 N–H and O–H groups in total. The molecule has 0 saturated carbocycles. The number of hydrogen-bond acceptors (Lipinski definition) is 6. The van der Waals surface area contributed by atoms with E-state index in [1.165, 1.54) is 18.4 Å². The fraction of sp³-hybridized carbons (Fsp3) is 0.211. The Hall–Kier alpha value is -2.93. The number of aromatic nitrogens is 1. The van der Waals surface area contributed by atoms with Gasteiger partial charge in [-0.3, -0.25) is 9.59 Å². The number of rotatable bonds is 6. The summed E-state index contributed by atoms with van der Waals surface area (Å²) in [6.45, 7) is 1.85. The van der Waals surface area contributed by atoms with Crippen molar-refractivity contribution in [1.29, 1.82) is 0 Å². The summed E-state index contributed by atoms with van der Waals surface area (Å²) >= 11 is 1.33. The van der Waals surface area contributed by atoms with Gasteiger partial charge in [-0.1, -0.05) is 30.3 Å². The second-order valence-electron chi connectivity index (χ2n) is 5.67. The average Bonchev–Trinajstić information content (AvgIpc) is 3.30. The van der Waals surface area contributed by atoms with Crippen molar-refractivity contribution in [3.63, 3.8) is 0 Å². The number of thiazole rings is 1. The first-order valence-electron chi connectivity index (χ1n) is 8.02. The predicted octanol–water partition coefficient (Wildman–Crippen LogP) is 3.75. The summed E-state index contributed by atoms with van der Waals surface area (Å²) in [5.41, 5.74) is 1.10. The van der Waals surface area contributed by atoms with Crippen LogP contribution in [0, 0.1) is 6.92 Å². The smallest absolute Gasteiger partial charge is 0.307 e. The van der Waals surface area contributed by atoms with Crippen molar-refractivity contribution in [2.45, 2.75) is 19.4 Å². The van der Waals surface area contributed by atoms with Crippen LogP contribution in [0.1, 0.15) is 34.3 Å². The maximum atomic E-state index is 12.6. The van der Waals surface area contributed by atoms with Gasteiger partial charge in [-0.15, -0.1) is 11.3 Å². The number of benzene rings is 1. The van der Waals surface area contributed by atoms with Crippen LogP contribution in [0.2, 0.25) is 0 Å². The number of nitrogens with one attached hydrogen (secondary N) is 1. The Bertz CT molecular complexity index is 901. The van der Waals surface area contributed by atoms with E-state index in [-0.39, 0.29) is 18.0 Å². The van der Waals surface area contributed by atoms with Gasteiger partial charge in [-0.2, -0.15) is 0 Å². The molecule has 0 aliphatic heterocycles. The van der Waals surface area contributed by atoms with Crippen LogP contribution in [0.25, 0.3) is 10.8 Å². The van der Waals surface area contributed by atoms with E-state index in [4.69, 9.17) is 9.15 Å². The Morgan fingerprint density at radius 1 is 1.23 bits per heavy atom. The number of hydrogen-bond donors (Lipinski definition) is 1. The number of carbonyl (C=O) groups excluding carboxylic acids is 2. The zero-order valence-electron chi connectivity index (χ0n) is 14.4. The van der Waals surface area contributed by atoms with Gasteiger partial charge in [-0.25, -0.2) is 4.98 Å². The number of nitrogens with zero attached hydrogens (tertiary/aromatic N) is 1. The van der Waals surface area contributed by atoms with Crippen LogP contribution in [0.5, 0.6) is 0 Å². The number of amides is 1. The lowest BCUT2D eigenvalue weighted by Crippen LogP contribution is -2.30. The molecule has 3 aromatic rings. The minimum atomic E-state index is -0.493. The molecule has 0 fully saturated rings. The van der Waals surface area contributed by atoms with Crippen molar-refractivity contribution < 1.29 is 18.7 Å². The highest BCUT2D eigenvalue weighted by atomic mass is 32.1. The molecular formula is C19H18N2O4S. The van der Waals surface area contributed by atoms with Crippen molar-refractivity contribution >= 4 is 23.2 Å². The van der Waals surface area contributed by atoms with Gasteiger partial charge in [-0.05, 0) is 24.6 Å². The molecule has 6 nitrogen and oxygen atoms in total. The number of ether oxygens (including phenoxy) is 1. The molecule has 0 unspecified atom stereocenters. The van der Waals surface area contributed by atoms with Gasteiger partial charge in [0.25, 0.3) is 5.91 Å². The molecule has 0 radical (unpaired) electrons. The van der Waals surface area contributed by atoms with Crippen molar-refractivity contribution in [2.75, 3.05) is 7.11 Å². The van der Waals surface area contributed by atoms with Crippen molar-refractivity contribution in [2.24, 2.45) is 0 Å². The van der Waals surface area contributed by atoms with Crippen LogP contribution < -0.4 is 5.32 Å². The Labute approximate surface area is 154 Å². The monoisotopic (exact) mass is 370 g/mol. The highest BCUT2D eigenvalue weighted by molar-refractivity contribution is 7.13. The van der Waals surface area contributed by atoms with E-state index < -0.39 is 12.0 Å². The van der Waals surface area contributed by atoms with E-state index >= 15 is 0 Å². The summed E-state index contributed by atoms with van der Waals surface area (Å²) in [5, 5.41) is 5.16. The molecule has 0 spiro atoms. The quantitative estimate of drug-likeness (QED) is 0.669. The van der Waals surface area contributed by atoms with Crippen LogP contribution in [0.4, 0.5) is 0 Å². The van der Waals surface area contributed by atoms with E-state index in [0.717, 1.165) is 11.3 Å². The summed E-state index contributed by atoms with van der Waals surface area (Å²) in [6, 6.07) is 12.5. The molecule has 0 aliphatic rings. The van der Waals surface area contributed by atoms with E-state index in [1.54, 1.807) is 5.38 Å². The van der Waals surface area contributed by atoms with Crippen LogP contribution >= 0.6 is 11.3 Å². The number of aryl methyl sites for hydroxylation is 1. The van der Waals surface area contributed by atoms with Crippen molar-refractivity contribution in [1.82, 2.24) is 10.3 Å². The lowest BCUT2D eigenvalue weighted by atomic mass is 10.0. The number of esters is 1. The van der Waals surface area contributed by atoms with E-state index in [9.17, 15) is 9.59 Å². The topological polar surface area (TPSA) is 81.4 Å². The van der Waals surface area contributed by atoms with Gasteiger partial charge in [0.15, 0.2) is 10.8 Å². The van der Waals surface area contributed by atoms with Gasteiger partial charge in [0.2, 0.25) is 0 Å². The van der Waals surface area contributed by atoms with Crippen LogP contribution in [-0.4, -0.2) is 24.0 Å². The van der Waals surface area contributed by atoms with Crippen molar-refractivity contribution in [3.05, 3.63) is 64.9 Å². The number of methoxy groups -OCH3 is 1. The first-order chi connectivity index (χ1) is 12.6. The molecule has 2 heterocycles. The van der Waals surface area contributed by atoms with Gasteiger partial charge >= 0.3 is 5.97 Å². The third-order valence-electron chi connectivity index (χ3n) is 3.79. The molecule has 26 heavy (non-hydrogen) atoms. The predicted molar refractivity (Wildman–Crippen MR) is 97.8 cm³/mol. The minimum Gasteiger partial charge on any atom is -0.469 e. The second kappa shape index (κ2) is 7.97. The van der Waals surface area contributed by atoms with Crippen LogP contribution in [-0.2, 0) is 9.53 Å². The van der Waals surface area contributed by atoms with Crippen LogP contribution in [0.15, 0.2) is 52.3 Å². The Balaban J connectivity index is 1.77. The Morgan fingerprint density at radius 2 is 2.00 bits per heavy atom. The number of carbonyl (C=O) groups is 2. The Kier molecular flexibility index (Phi) is 5.48. The fourth-order valence-electron chi connectivity index (χ4n) is 2.46. The largest absolute Gasteiger partial charge is 0.469 e. The molecule has 2 aromatic heterocycles. The maximum Gasteiger partial charge on any atom is 0.307 e. The molecule has 1 atom stereocenters. The lowest BCUT2D eigenvalue weighted by molar-refractivity contribution is -0.141. The molecule has 1 amide bonds. The van der Waals surface area contributed by atoms with E-state index in [0.29, 0.717) is 10.8 Å². The summed E-state index contributed by atoms with van der Waals surface area (Å²) in [5.74, 6) is 0.654. The molecular weight excluding hydrogens is 352 g/mol.